The SMILES string of the molecule is Cc1cc(NC(=O)c2cnoc2C)ccc1C#CCO. The van der Waals surface area contributed by atoms with Crippen LogP contribution in [0.3, 0.4) is 0 Å². The minimum absolute atomic E-state index is 0.176. The maximum absolute atomic E-state index is 12.0. The second kappa shape index (κ2) is 6.04. The van der Waals surface area contributed by atoms with E-state index in [1.54, 1.807) is 19.1 Å². The number of benzene rings is 1. The van der Waals surface area contributed by atoms with Crippen molar-refractivity contribution in [3.05, 3.63) is 46.8 Å². The van der Waals surface area contributed by atoms with Gasteiger partial charge in [0, 0.05) is 11.3 Å². The Kier molecular flexibility index (Phi) is 4.18. The fourth-order valence-electron chi connectivity index (χ4n) is 1.73. The summed E-state index contributed by atoms with van der Waals surface area (Å²) in [5.74, 6) is 5.65. The number of carbonyl (C=O) groups excluding carboxylic acids is 1. The predicted octanol–water partition coefficient (Wildman–Crippen LogP) is 1.89. The molecule has 0 saturated carbocycles. The molecule has 0 aliphatic carbocycles. The molecule has 1 heterocycles. The van der Waals surface area contributed by atoms with Crippen molar-refractivity contribution in [3.63, 3.8) is 0 Å². The van der Waals surface area contributed by atoms with Crippen LogP contribution in [-0.4, -0.2) is 22.8 Å². The molecule has 0 radical (unpaired) electrons. The van der Waals surface area contributed by atoms with E-state index in [0.29, 0.717) is 17.0 Å². The molecule has 5 heteroatoms. The van der Waals surface area contributed by atoms with Gasteiger partial charge >= 0.3 is 0 Å². The van der Waals surface area contributed by atoms with Gasteiger partial charge in [-0.05, 0) is 37.6 Å². The lowest BCUT2D eigenvalue weighted by Gasteiger charge is -2.06. The molecule has 0 aliphatic rings. The number of aliphatic hydroxyl groups is 1. The van der Waals surface area contributed by atoms with Gasteiger partial charge in [0.2, 0.25) is 0 Å². The van der Waals surface area contributed by atoms with Gasteiger partial charge in [-0.1, -0.05) is 17.0 Å². The van der Waals surface area contributed by atoms with Gasteiger partial charge in [-0.2, -0.15) is 0 Å². The summed E-state index contributed by atoms with van der Waals surface area (Å²) < 4.78 is 4.86. The highest BCUT2D eigenvalue weighted by atomic mass is 16.5. The van der Waals surface area contributed by atoms with E-state index in [-0.39, 0.29) is 12.5 Å². The van der Waals surface area contributed by atoms with Crippen molar-refractivity contribution in [2.75, 3.05) is 11.9 Å². The summed E-state index contributed by atoms with van der Waals surface area (Å²) in [7, 11) is 0. The summed E-state index contributed by atoms with van der Waals surface area (Å²) in [4.78, 5) is 12.0. The Hall–Kier alpha value is -2.58. The smallest absolute Gasteiger partial charge is 0.260 e. The topological polar surface area (TPSA) is 75.4 Å². The molecular weight excluding hydrogens is 256 g/mol. The summed E-state index contributed by atoms with van der Waals surface area (Å²) in [5.41, 5.74) is 2.82. The van der Waals surface area contributed by atoms with E-state index in [0.717, 1.165) is 11.1 Å². The molecule has 0 atom stereocenters. The number of aryl methyl sites for hydroxylation is 2. The first-order valence-electron chi connectivity index (χ1n) is 6.05. The van der Waals surface area contributed by atoms with E-state index in [1.807, 2.05) is 13.0 Å². The number of anilines is 1. The molecule has 1 amide bonds. The first kappa shape index (κ1) is 13.8. The molecule has 1 aromatic carbocycles. The maximum atomic E-state index is 12.0. The minimum atomic E-state index is -0.266. The molecule has 0 unspecified atom stereocenters. The second-order valence-electron chi connectivity index (χ2n) is 4.24. The molecule has 0 bridgehead atoms. The number of rotatable bonds is 2. The number of aliphatic hydroxyl groups excluding tert-OH is 1. The highest BCUT2D eigenvalue weighted by Crippen LogP contribution is 2.16. The zero-order valence-corrected chi connectivity index (χ0v) is 11.2. The average Bonchev–Trinajstić information content (AvgIpc) is 2.84. The number of hydrogen-bond donors (Lipinski definition) is 2. The van der Waals surface area contributed by atoms with Crippen LogP contribution in [0.25, 0.3) is 0 Å². The molecule has 0 fully saturated rings. The normalized spacial score (nSPS) is 9.75. The molecule has 2 rings (SSSR count). The monoisotopic (exact) mass is 270 g/mol. The molecule has 0 aliphatic heterocycles. The molecule has 2 N–H and O–H groups in total. The minimum Gasteiger partial charge on any atom is -0.384 e. The lowest BCUT2D eigenvalue weighted by atomic mass is 10.1. The van der Waals surface area contributed by atoms with Crippen LogP contribution in [0.1, 0.15) is 27.2 Å². The fraction of sp³-hybridized carbons (Fsp3) is 0.200. The molecular formula is C15H14N2O3. The van der Waals surface area contributed by atoms with Gasteiger partial charge in [0.1, 0.15) is 17.9 Å². The van der Waals surface area contributed by atoms with Gasteiger partial charge in [-0.25, -0.2) is 0 Å². The zero-order valence-electron chi connectivity index (χ0n) is 11.2. The Bertz CT molecular complexity index is 693. The van der Waals surface area contributed by atoms with Crippen LogP contribution in [-0.2, 0) is 0 Å². The molecule has 1 aromatic heterocycles. The van der Waals surface area contributed by atoms with Crippen LogP contribution in [0, 0.1) is 25.7 Å². The van der Waals surface area contributed by atoms with Gasteiger partial charge in [0.25, 0.3) is 5.91 Å². The highest BCUT2D eigenvalue weighted by Gasteiger charge is 2.13. The van der Waals surface area contributed by atoms with Crippen LogP contribution in [0.5, 0.6) is 0 Å². The van der Waals surface area contributed by atoms with Gasteiger partial charge in [0.15, 0.2) is 0 Å². The van der Waals surface area contributed by atoms with Crippen molar-refractivity contribution in [1.82, 2.24) is 5.16 Å². The average molecular weight is 270 g/mol. The van der Waals surface area contributed by atoms with Crippen molar-refractivity contribution >= 4 is 11.6 Å². The molecule has 2 aromatic rings. The van der Waals surface area contributed by atoms with E-state index in [4.69, 9.17) is 9.63 Å². The standard InChI is InChI=1S/C15H14N2O3/c1-10-8-13(6-5-12(10)4-3-7-18)17-15(19)14-9-16-20-11(14)2/h5-6,8-9,18H,7H2,1-2H3,(H,17,19). The fourth-order valence-corrected chi connectivity index (χ4v) is 1.73. The van der Waals surface area contributed by atoms with Crippen LogP contribution < -0.4 is 5.32 Å². The number of hydrogen-bond acceptors (Lipinski definition) is 4. The number of carbonyl (C=O) groups is 1. The van der Waals surface area contributed by atoms with Crippen LogP contribution in [0.15, 0.2) is 28.9 Å². The van der Waals surface area contributed by atoms with Gasteiger partial charge < -0.3 is 14.9 Å². The molecule has 20 heavy (non-hydrogen) atoms. The van der Waals surface area contributed by atoms with E-state index in [2.05, 4.69) is 22.3 Å². The summed E-state index contributed by atoms with van der Waals surface area (Å²) in [5, 5.41) is 15.0. The number of nitrogens with one attached hydrogen (secondary N) is 1. The first-order valence-corrected chi connectivity index (χ1v) is 6.05. The molecule has 5 nitrogen and oxygen atoms in total. The zero-order chi connectivity index (χ0) is 14.5. The Morgan fingerprint density at radius 3 is 2.85 bits per heavy atom. The van der Waals surface area contributed by atoms with E-state index in [9.17, 15) is 4.79 Å². The third-order valence-electron chi connectivity index (χ3n) is 2.78. The van der Waals surface area contributed by atoms with Crippen molar-refractivity contribution in [2.24, 2.45) is 0 Å². The van der Waals surface area contributed by atoms with Crippen LogP contribution in [0.4, 0.5) is 5.69 Å². The van der Waals surface area contributed by atoms with Gasteiger partial charge in [-0.3, -0.25) is 4.79 Å². The summed E-state index contributed by atoms with van der Waals surface area (Å²) in [6.07, 6.45) is 1.39. The Morgan fingerprint density at radius 1 is 1.45 bits per heavy atom. The van der Waals surface area contributed by atoms with E-state index >= 15 is 0 Å². The molecule has 0 spiro atoms. The van der Waals surface area contributed by atoms with Gasteiger partial charge in [0.05, 0.1) is 6.20 Å². The first-order chi connectivity index (χ1) is 9.61. The van der Waals surface area contributed by atoms with Crippen molar-refractivity contribution < 1.29 is 14.4 Å². The van der Waals surface area contributed by atoms with Crippen molar-refractivity contribution in [3.8, 4) is 11.8 Å². The number of nitrogens with zero attached hydrogens (tertiary/aromatic N) is 1. The van der Waals surface area contributed by atoms with Crippen LogP contribution >= 0.6 is 0 Å². The Labute approximate surface area is 116 Å². The lowest BCUT2D eigenvalue weighted by molar-refractivity contribution is 0.102. The quantitative estimate of drug-likeness (QED) is 0.817. The van der Waals surface area contributed by atoms with E-state index in [1.165, 1.54) is 6.20 Å². The summed E-state index contributed by atoms with van der Waals surface area (Å²) in [6.45, 7) is 3.40. The number of amides is 1. The summed E-state index contributed by atoms with van der Waals surface area (Å²) >= 11 is 0. The third-order valence-corrected chi connectivity index (χ3v) is 2.78. The van der Waals surface area contributed by atoms with Gasteiger partial charge in [-0.15, -0.1) is 0 Å². The molecule has 102 valence electrons. The lowest BCUT2D eigenvalue weighted by Crippen LogP contribution is -2.12. The number of aromatic nitrogens is 1. The summed E-state index contributed by atoms with van der Waals surface area (Å²) in [6, 6.07) is 5.38. The second-order valence-corrected chi connectivity index (χ2v) is 4.24. The largest absolute Gasteiger partial charge is 0.384 e. The van der Waals surface area contributed by atoms with E-state index < -0.39 is 0 Å². The predicted molar refractivity (Wildman–Crippen MR) is 74.3 cm³/mol. The van der Waals surface area contributed by atoms with Crippen molar-refractivity contribution in [1.29, 1.82) is 0 Å². The van der Waals surface area contributed by atoms with Crippen molar-refractivity contribution in [2.45, 2.75) is 13.8 Å². The maximum Gasteiger partial charge on any atom is 0.260 e. The Morgan fingerprint density at radius 2 is 2.25 bits per heavy atom. The third kappa shape index (κ3) is 3.05. The Balaban J connectivity index is 2.17. The van der Waals surface area contributed by atoms with Crippen LogP contribution in [0.2, 0.25) is 0 Å². The molecule has 0 saturated heterocycles. The highest BCUT2D eigenvalue weighted by molar-refractivity contribution is 6.04.